The number of benzene rings is 3. The number of aryl methyl sites for hydroxylation is 1. The molecule has 172 valence electrons. The van der Waals surface area contributed by atoms with Crippen LogP contribution in [0, 0.1) is 0 Å². The van der Waals surface area contributed by atoms with Crippen LogP contribution in [0.5, 0.6) is 17.2 Å². The van der Waals surface area contributed by atoms with Crippen molar-refractivity contribution in [1.29, 1.82) is 0 Å². The lowest BCUT2D eigenvalue weighted by Gasteiger charge is -2.30. The topological polar surface area (TPSA) is 54.0 Å². The Morgan fingerprint density at radius 2 is 1.70 bits per heavy atom. The van der Waals surface area contributed by atoms with Gasteiger partial charge in [0.2, 0.25) is 0 Å². The Bertz CT molecular complexity index is 1040. The largest absolute Gasteiger partial charge is 0.493 e. The molecule has 4 rings (SSSR count). The molecule has 5 nitrogen and oxygen atoms in total. The third-order valence-electron chi connectivity index (χ3n) is 5.85. The summed E-state index contributed by atoms with van der Waals surface area (Å²) in [5, 5.41) is 0. The Balaban J connectivity index is 1.53. The third-order valence-corrected chi connectivity index (χ3v) is 5.85. The van der Waals surface area contributed by atoms with Crippen LogP contribution in [0.4, 0.5) is 0 Å². The molecule has 1 atom stereocenters. The average molecular weight is 447 g/mol. The van der Waals surface area contributed by atoms with Crippen LogP contribution in [0.25, 0.3) is 0 Å². The summed E-state index contributed by atoms with van der Waals surface area (Å²) in [5.74, 6) is 1.93. The fourth-order valence-electron chi connectivity index (χ4n) is 3.98. The molecule has 1 aliphatic heterocycles. The number of ketones is 1. The van der Waals surface area contributed by atoms with Gasteiger partial charge in [0.25, 0.3) is 0 Å². The lowest BCUT2D eigenvalue weighted by molar-refractivity contribution is -0.189. The van der Waals surface area contributed by atoms with Crippen LogP contribution in [0.2, 0.25) is 0 Å². The molecular weight excluding hydrogens is 416 g/mol. The fourth-order valence-corrected chi connectivity index (χ4v) is 3.98. The van der Waals surface area contributed by atoms with Crippen molar-refractivity contribution in [3.05, 3.63) is 89.5 Å². The van der Waals surface area contributed by atoms with E-state index in [0.717, 1.165) is 18.4 Å². The maximum Gasteiger partial charge on any atom is 0.169 e. The molecule has 0 saturated carbocycles. The number of methoxy groups -OCH3 is 1. The van der Waals surface area contributed by atoms with Crippen molar-refractivity contribution in [3.63, 3.8) is 0 Å². The summed E-state index contributed by atoms with van der Waals surface area (Å²) in [7, 11) is 1.64. The first kappa shape index (κ1) is 23.0. The van der Waals surface area contributed by atoms with E-state index in [1.165, 1.54) is 5.56 Å². The van der Waals surface area contributed by atoms with Gasteiger partial charge in [0, 0.05) is 17.9 Å². The Labute approximate surface area is 195 Å². The van der Waals surface area contributed by atoms with E-state index in [1.54, 1.807) is 7.11 Å². The highest BCUT2D eigenvalue weighted by atomic mass is 16.7. The first-order valence-electron chi connectivity index (χ1n) is 11.4. The normalized spacial score (nSPS) is 15.1. The number of Topliss-reactive ketones (excluding diaryl/α,β-unsaturated/α-hetero) is 1. The first-order valence-corrected chi connectivity index (χ1v) is 11.4. The van der Waals surface area contributed by atoms with Crippen LogP contribution in [0.15, 0.2) is 72.8 Å². The van der Waals surface area contributed by atoms with Gasteiger partial charge in [0.15, 0.2) is 23.6 Å². The highest BCUT2D eigenvalue weighted by Crippen LogP contribution is 2.35. The Morgan fingerprint density at radius 3 is 2.36 bits per heavy atom. The van der Waals surface area contributed by atoms with Crippen molar-refractivity contribution in [3.8, 4) is 17.2 Å². The van der Waals surface area contributed by atoms with Gasteiger partial charge in [-0.25, -0.2) is 0 Å². The third kappa shape index (κ3) is 5.81. The minimum atomic E-state index is -0.445. The molecule has 3 aromatic carbocycles. The molecular formula is C28H30O5. The summed E-state index contributed by atoms with van der Waals surface area (Å²) >= 11 is 0. The van der Waals surface area contributed by atoms with E-state index in [-0.39, 0.29) is 11.7 Å². The quantitative estimate of drug-likeness (QED) is 0.368. The van der Waals surface area contributed by atoms with Crippen LogP contribution in [0.1, 0.15) is 47.2 Å². The smallest absolute Gasteiger partial charge is 0.169 e. The molecule has 0 radical (unpaired) electrons. The van der Waals surface area contributed by atoms with E-state index in [1.807, 2.05) is 72.8 Å². The average Bonchev–Trinajstić information content (AvgIpc) is 2.89. The Hall–Kier alpha value is -3.15. The zero-order valence-electron chi connectivity index (χ0n) is 19.2. The molecule has 5 heteroatoms. The van der Waals surface area contributed by atoms with Gasteiger partial charge in [0.05, 0.1) is 20.3 Å². The van der Waals surface area contributed by atoms with Gasteiger partial charge < -0.3 is 18.9 Å². The molecule has 1 fully saturated rings. The van der Waals surface area contributed by atoms with Gasteiger partial charge in [-0.2, -0.15) is 0 Å². The molecule has 0 aliphatic carbocycles. The van der Waals surface area contributed by atoms with Crippen LogP contribution in [0.3, 0.4) is 0 Å². The second-order valence-corrected chi connectivity index (χ2v) is 8.07. The molecule has 1 saturated heterocycles. The summed E-state index contributed by atoms with van der Waals surface area (Å²) in [6.45, 7) is 3.37. The second kappa shape index (κ2) is 11.1. The van der Waals surface area contributed by atoms with E-state index < -0.39 is 6.29 Å². The lowest BCUT2D eigenvalue weighted by Crippen LogP contribution is -2.32. The van der Waals surface area contributed by atoms with Gasteiger partial charge in [-0.1, -0.05) is 55.5 Å². The van der Waals surface area contributed by atoms with Crippen LogP contribution in [-0.4, -0.2) is 32.4 Å². The number of rotatable bonds is 9. The molecule has 1 heterocycles. The number of ether oxygens (including phenoxy) is 4. The SMILES string of the molecule is CCc1ccc(Oc2ccc(C(CC(=O)c3ccccc3)C3OCCCO3)cc2)c(OC)c1. The molecule has 0 spiro atoms. The number of carbonyl (C=O) groups is 1. The minimum Gasteiger partial charge on any atom is -0.493 e. The van der Waals surface area contributed by atoms with Gasteiger partial charge >= 0.3 is 0 Å². The summed E-state index contributed by atoms with van der Waals surface area (Å²) in [5.41, 5.74) is 2.86. The summed E-state index contributed by atoms with van der Waals surface area (Å²) in [4.78, 5) is 13.0. The second-order valence-electron chi connectivity index (χ2n) is 8.07. The number of carbonyl (C=O) groups excluding carboxylic acids is 1. The van der Waals surface area contributed by atoms with E-state index in [9.17, 15) is 4.79 Å². The molecule has 0 amide bonds. The van der Waals surface area contributed by atoms with Gasteiger partial charge in [-0.3, -0.25) is 4.79 Å². The zero-order chi connectivity index (χ0) is 23.0. The van der Waals surface area contributed by atoms with Gasteiger partial charge in [-0.15, -0.1) is 0 Å². The van der Waals surface area contributed by atoms with Crippen LogP contribution in [-0.2, 0) is 15.9 Å². The molecule has 0 bridgehead atoms. The highest BCUT2D eigenvalue weighted by Gasteiger charge is 2.29. The number of hydrogen-bond acceptors (Lipinski definition) is 5. The summed E-state index contributed by atoms with van der Waals surface area (Å²) in [6.07, 6.45) is 1.65. The minimum absolute atomic E-state index is 0.0689. The molecule has 0 aromatic heterocycles. The summed E-state index contributed by atoms with van der Waals surface area (Å²) < 4.78 is 23.3. The Morgan fingerprint density at radius 1 is 0.970 bits per heavy atom. The van der Waals surface area contributed by atoms with E-state index in [0.29, 0.717) is 42.4 Å². The molecule has 1 unspecified atom stereocenters. The van der Waals surface area contributed by atoms with Crippen molar-refractivity contribution < 1.29 is 23.7 Å². The van der Waals surface area contributed by atoms with Crippen molar-refractivity contribution >= 4 is 5.78 Å². The van der Waals surface area contributed by atoms with Crippen molar-refractivity contribution in [1.82, 2.24) is 0 Å². The van der Waals surface area contributed by atoms with E-state index in [4.69, 9.17) is 18.9 Å². The van der Waals surface area contributed by atoms with Crippen molar-refractivity contribution in [2.75, 3.05) is 20.3 Å². The van der Waals surface area contributed by atoms with E-state index >= 15 is 0 Å². The molecule has 0 N–H and O–H groups in total. The van der Waals surface area contributed by atoms with Crippen molar-refractivity contribution in [2.24, 2.45) is 0 Å². The molecule has 3 aromatic rings. The fraction of sp³-hybridized carbons (Fsp3) is 0.321. The van der Waals surface area contributed by atoms with Gasteiger partial charge in [0.1, 0.15) is 5.75 Å². The summed E-state index contributed by atoms with van der Waals surface area (Å²) in [6, 6.07) is 23.1. The van der Waals surface area contributed by atoms with Crippen LogP contribution < -0.4 is 9.47 Å². The Kier molecular flexibility index (Phi) is 7.76. The first-order chi connectivity index (χ1) is 16.2. The predicted octanol–water partition coefficient (Wildman–Crippen LogP) is 6.17. The molecule has 33 heavy (non-hydrogen) atoms. The zero-order valence-corrected chi connectivity index (χ0v) is 19.2. The standard InChI is InChI=1S/C28H30O5/c1-3-20-10-15-26(27(18-20)30-2)33-23-13-11-21(12-14-23)24(28-31-16-7-17-32-28)19-25(29)22-8-5-4-6-9-22/h4-6,8-15,18,24,28H,3,7,16-17,19H2,1-2H3. The van der Waals surface area contributed by atoms with Crippen molar-refractivity contribution in [2.45, 2.75) is 38.4 Å². The molecule has 1 aliphatic rings. The highest BCUT2D eigenvalue weighted by molar-refractivity contribution is 5.96. The lowest BCUT2D eigenvalue weighted by atomic mass is 9.90. The number of hydrogen-bond donors (Lipinski definition) is 0. The van der Waals surface area contributed by atoms with E-state index in [2.05, 4.69) is 6.92 Å². The van der Waals surface area contributed by atoms with Gasteiger partial charge in [-0.05, 0) is 48.2 Å². The predicted molar refractivity (Wildman–Crippen MR) is 127 cm³/mol. The maximum absolute atomic E-state index is 13.0. The van der Waals surface area contributed by atoms with Crippen LogP contribution >= 0.6 is 0 Å². The maximum atomic E-state index is 13.0. The monoisotopic (exact) mass is 446 g/mol.